The number of hydrogen-bond acceptors (Lipinski definition) is 6. The minimum atomic E-state index is -0.416. The number of carbonyl (C=O) groups is 2. The summed E-state index contributed by atoms with van der Waals surface area (Å²) in [7, 11) is 0. The lowest BCUT2D eigenvalue weighted by Crippen LogP contribution is -2.37. The minimum absolute atomic E-state index is 0.0327. The summed E-state index contributed by atoms with van der Waals surface area (Å²) >= 11 is 5.07. The number of ether oxygens (including phenoxy) is 1. The molecule has 1 heterocycles. The van der Waals surface area contributed by atoms with E-state index < -0.39 is 5.91 Å². The Morgan fingerprint density at radius 2 is 1.93 bits per heavy atom. The first-order valence-electron chi connectivity index (χ1n) is 7.96. The third kappa shape index (κ3) is 5.25. The van der Waals surface area contributed by atoms with E-state index in [2.05, 4.69) is 20.9 Å². The Balaban J connectivity index is 1.55. The van der Waals surface area contributed by atoms with Crippen LogP contribution in [0, 0.1) is 0 Å². The highest BCUT2D eigenvalue weighted by atomic mass is 32.1. The molecule has 3 aromatic rings. The zero-order valence-electron chi connectivity index (χ0n) is 14.3. The molecule has 3 rings (SSSR count). The molecular weight excluding hydrogens is 368 g/mol. The lowest BCUT2D eigenvalue weighted by Gasteiger charge is -2.08. The fourth-order valence-corrected chi connectivity index (χ4v) is 2.42. The van der Waals surface area contributed by atoms with Crippen molar-refractivity contribution in [3.05, 3.63) is 48.5 Å². The number of fused-ring (bicyclic) bond motifs is 1. The Labute approximate surface area is 159 Å². The summed E-state index contributed by atoms with van der Waals surface area (Å²) in [5.41, 5.74) is 1.63. The number of nitrogens with zero attached hydrogens (tertiary/aromatic N) is 1. The van der Waals surface area contributed by atoms with Gasteiger partial charge in [-0.1, -0.05) is 18.2 Å². The average Bonchev–Trinajstić information content (AvgIpc) is 3.01. The third-order valence-electron chi connectivity index (χ3n) is 3.30. The van der Waals surface area contributed by atoms with Gasteiger partial charge in [0.1, 0.15) is 11.3 Å². The van der Waals surface area contributed by atoms with Gasteiger partial charge in [-0.25, -0.2) is 0 Å². The predicted molar refractivity (Wildman–Crippen MR) is 105 cm³/mol. The van der Waals surface area contributed by atoms with Crippen LogP contribution in [0.15, 0.2) is 52.9 Å². The predicted octanol–water partition coefficient (Wildman–Crippen LogP) is 2.68. The lowest BCUT2D eigenvalue weighted by molar-refractivity contribution is -0.121. The topological polar surface area (TPSA) is 105 Å². The molecular formula is C18H16N4O4S. The Kier molecular flexibility index (Phi) is 5.62. The summed E-state index contributed by atoms with van der Waals surface area (Å²) in [5, 5.41) is 7.87. The van der Waals surface area contributed by atoms with Crippen molar-refractivity contribution in [1.29, 1.82) is 0 Å². The van der Waals surface area contributed by atoms with Gasteiger partial charge in [-0.2, -0.15) is 4.98 Å². The summed E-state index contributed by atoms with van der Waals surface area (Å²) in [4.78, 5) is 27.2. The fraction of sp³-hybridized carbons (Fsp3) is 0.111. The molecule has 1 aromatic heterocycles. The van der Waals surface area contributed by atoms with E-state index in [1.54, 1.807) is 30.3 Å². The smallest absolute Gasteiger partial charge is 0.302 e. The molecule has 138 valence electrons. The normalized spacial score (nSPS) is 10.3. The number of para-hydroxylation sites is 1. The van der Waals surface area contributed by atoms with E-state index in [-0.39, 0.29) is 23.6 Å². The molecule has 0 unspecified atom stereocenters. The standard InChI is InChI=1S/C18H16N4O4S/c1-11(23)19-12-7-8-14-15(9-12)26-17(20-14)22-18(27)21-16(24)10-25-13-5-3-2-4-6-13/h2-9H,10H2,1H3,(H,19,23)(H2,20,21,22,24,27). The quantitative estimate of drug-likeness (QED) is 0.581. The van der Waals surface area contributed by atoms with Crippen LogP contribution < -0.4 is 20.7 Å². The molecule has 0 aliphatic heterocycles. The van der Waals surface area contributed by atoms with Crippen LogP contribution in [0.25, 0.3) is 11.1 Å². The number of benzene rings is 2. The number of nitrogens with one attached hydrogen (secondary N) is 3. The molecule has 2 aromatic carbocycles. The molecule has 3 N–H and O–H groups in total. The van der Waals surface area contributed by atoms with E-state index in [0.29, 0.717) is 22.5 Å². The highest BCUT2D eigenvalue weighted by Gasteiger charge is 2.11. The third-order valence-corrected chi connectivity index (χ3v) is 3.50. The number of anilines is 2. The van der Waals surface area contributed by atoms with Gasteiger partial charge in [0.25, 0.3) is 5.91 Å². The number of rotatable bonds is 5. The van der Waals surface area contributed by atoms with Crippen molar-refractivity contribution >= 4 is 51.9 Å². The summed E-state index contributed by atoms with van der Waals surface area (Å²) in [6.45, 7) is 1.24. The molecule has 8 nitrogen and oxygen atoms in total. The molecule has 9 heteroatoms. The summed E-state index contributed by atoms with van der Waals surface area (Å²) in [5.74, 6) is -0.0188. The number of oxazole rings is 1. The van der Waals surface area contributed by atoms with Crippen molar-refractivity contribution in [2.24, 2.45) is 0 Å². The monoisotopic (exact) mass is 384 g/mol. The maximum Gasteiger partial charge on any atom is 0.302 e. The highest BCUT2D eigenvalue weighted by Crippen LogP contribution is 2.22. The van der Waals surface area contributed by atoms with Crippen molar-refractivity contribution in [3.63, 3.8) is 0 Å². The van der Waals surface area contributed by atoms with Gasteiger partial charge >= 0.3 is 6.01 Å². The van der Waals surface area contributed by atoms with Crippen LogP contribution in [0.5, 0.6) is 5.75 Å². The van der Waals surface area contributed by atoms with Gasteiger partial charge in [0.15, 0.2) is 17.3 Å². The van der Waals surface area contributed by atoms with Crippen LogP contribution in [-0.4, -0.2) is 28.5 Å². The van der Waals surface area contributed by atoms with Crippen molar-refractivity contribution < 1.29 is 18.7 Å². The van der Waals surface area contributed by atoms with Crippen LogP contribution in [0.2, 0.25) is 0 Å². The second-order valence-electron chi connectivity index (χ2n) is 5.49. The van der Waals surface area contributed by atoms with Crippen LogP contribution >= 0.6 is 12.2 Å². The first kappa shape index (κ1) is 18.3. The van der Waals surface area contributed by atoms with E-state index in [1.165, 1.54) is 6.92 Å². The first-order valence-corrected chi connectivity index (χ1v) is 8.37. The lowest BCUT2D eigenvalue weighted by atomic mass is 10.3. The maximum absolute atomic E-state index is 11.9. The zero-order chi connectivity index (χ0) is 19.2. The number of aromatic nitrogens is 1. The molecule has 0 fully saturated rings. The molecule has 0 aliphatic rings. The Bertz CT molecular complexity index is 987. The van der Waals surface area contributed by atoms with Gasteiger partial charge < -0.3 is 14.5 Å². The largest absolute Gasteiger partial charge is 0.484 e. The molecule has 0 aliphatic carbocycles. The fourth-order valence-electron chi connectivity index (χ4n) is 2.22. The van der Waals surface area contributed by atoms with Crippen LogP contribution in [0.3, 0.4) is 0 Å². The highest BCUT2D eigenvalue weighted by molar-refractivity contribution is 7.80. The van der Waals surface area contributed by atoms with Gasteiger partial charge in [0.05, 0.1) is 0 Å². The summed E-state index contributed by atoms with van der Waals surface area (Å²) in [6, 6.07) is 14.1. The molecule has 0 atom stereocenters. The summed E-state index contributed by atoms with van der Waals surface area (Å²) < 4.78 is 10.9. The van der Waals surface area contributed by atoms with E-state index in [1.807, 2.05) is 18.2 Å². The van der Waals surface area contributed by atoms with Crippen LogP contribution in [-0.2, 0) is 9.59 Å². The van der Waals surface area contributed by atoms with E-state index in [4.69, 9.17) is 21.4 Å². The SMILES string of the molecule is CC(=O)Nc1ccc2nc(NC(=S)NC(=O)COc3ccccc3)oc2c1. The molecule has 0 radical (unpaired) electrons. The van der Waals surface area contributed by atoms with E-state index in [9.17, 15) is 9.59 Å². The van der Waals surface area contributed by atoms with Crippen molar-refractivity contribution in [2.45, 2.75) is 6.92 Å². The zero-order valence-corrected chi connectivity index (χ0v) is 15.1. The number of thiocarbonyl (C=S) groups is 1. The molecule has 2 amide bonds. The Morgan fingerprint density at radius 3 is 2.67 bits per heavy atom. The molecule has 0 bridgehead atoms. The minimum Gasteiger partial charge on any atom is -0.484 e. The van der Waals surface area contributed by atoms with Crippen molar-refractivity contribution in [1.82, 2.24) is 10.3 Å². The molecule has 27 heavy (non-hydrogen) atoms. The van der Waals surface area contributed by atoms with Crippen LogP contribution in [0.4, 0.5) is 11.7 Å². The number of amides is 2. The van der Waals surface area contributed by atoms with Crippen LogP contribution in [0.1, 0.15) is 6.92 Å². The second-order valence-corrected chi connectivity index (χ2v) is 5.89. The Hall–Kier alpha value is -3.46. The molecule has 0 saturated heterocycles. The number of hydrogen-bond donors (Lipinski definition) is 3. The average molecular weight is 384 g/mol. The van der Waals surface area contributed by atoms with E-state index in [0.717, 1.165) is 0 Å². The molecule has 0 spiro atoms. The van der Waals surface area contributed by atoms with Gasteiger partial charge in [0.2, 0.25) is 5.91 Å². The first-order chi connectivity index (χ1) is 13.0. The van der Waals surface area contributed by atoms with Gasteiger partial charge in [0, 0.05) is 18.7 Å². The maximum atomic E-state index is 11.9. The van der Waals surface area contributed by atoms with Gasteiger partial charge in [-0.15, -0.1) is 0 Å². The summed E-state index contributed by atoms with van der Waals surface area (Å²) in [6.07, 6.45) is 0. The van der Waals surface area contributed by atoms with Crippen molar-refractivity contribution in [2.75, 3.05) is 17.2 Å². The van der Waals surface area contributed by atoms with Gasteiger partial charge in [-0.3, -0.25) is 20.2 Å². The van der Waals surface area contributed by atoms with Gasteiger partial charge in [-0.05, 0) is 36.5 Å². The molecule has 0 saturated carbocycles. The Morgan fingerprint density at radius 1 is 1.15 bits per heavy atom. The van der Waals surface area contributed by atoms with Crippen molar-refractivity contribution in [3.8, 4) is 5.75 Å². The van der Waals surface area contributed by atoms with E-state index >= 15 is 0 Å². The number of carbonyl (C=O) groups excluding carboxylic acids is 2. The second kappa shape index (κ2) is 8.28.